The molecule has 0 unspecified atom stereocenters. The van der Waals surface area contributed by atoms with Gasteiger partial charge >= 0.3 is 0 Å². The first kappa shape index (κ1) is 95.0. The summed E-state index contributed by atoms with van der Waals surface area (Å²) in [6, 6.07) is 91.0. The van der Waals surface area contributed by atoms with E-state index in [0.29, 0.717) is 22.4 Å². The fraction of sp³-hybridized carbons (Fsp3) is 0.298. The molecule has 0 atom stereocenters. The molecule has 0 aliphatic heterocycles. The van der Waals surface area contributed by atoms with Crippen LogP contribution in [0.2, 0.25) is 0 Å². The Labute approximate surface area is 730 Å². The number of halogens is 3. The molecule has 0 fully saturated rings. The van der Waals surface area contributed by atoms with E-state index in [2.05, 4.69) is 253 Å². The van der Waals surface area contributed by atoms with E-state index in [-0.39, 0.29) is 60.6 Å². The molecule has 0 saturated heterocycles. The fourth-order valence-corrected chi connectivity index (χ4v) is 16.1. The first-order valence-electron chi connectivity index (χ1n) is 42.6. The second kappa shape index (κ2) is 38.3. The van der Waals surface area contributed by atoms with Gasteiger partial charge in [-0.05, 0) is 220 Å². The van der Waals surface area contributed by atoms with E-state index < -0.39 is 11.6 Å². The first-order valence-corrected chi connectivity index (χ1v) is 42.6. The minimum atomic E-state index is -0.538. The maximum Gasteiger partial charge on any atom is 0.172 e. The SMILES string of the molecule is CC(C)(C)c1c(F)c(O)cc2ccccc12.CC(C)(C)c1c(O)ccc2ccccc12.CC(C)(C)c1cc(F)cc2ccccc12.CC(C)(C)c1cc(N)cc2ccccc12.CC(C)(C)c1cc(O)c(F)c2ccccc12.CC(C)(C)c1cc(O)cc2ccccc12.COc1ccc2ccccc2c1C(C)(C)C.Cc1cc(C(C)(C)C)c2ccccc2c1. The lowest BCUT2D eigenvalue weighted by atomic mass is 9.83. The monoisotopic (exact) mass is 1650 g/mol. The standard InChI is InChI=1S/C15H18O.C15H18.2C14H15FO.C14H15F.C14H17N.2C14H16O/c1-15(2,3)14-12-8-6-5-7-11(12)9-10-13(14)16-4;1-11-9-12-7-5-6-8-13(12)14(10-11)15(2,3)4;1-14(2,3)11-8-12(16)13(15)10-7-5-4-6-9(10)11;1-14(2,3)12-10-7-5-4-6-9(10)8-11(16)13(12)15;3*1-14(2,3)13-9-11(15)8-10-6-4-5-7-12(10)13;1-14(2,3)13-11-7-5-4-6-10(11)8-9-12(13)15/h5-10H,1-4H3;5-10H,1-4H3;2*4-8,16H,1-3H3;4-9H,1-3H3;4-9H,15H2,1-3H3;2*4-9,15H,1-3H3. The number of methoxy groups -OCH3 is 1. The maximum atomic E-state index is 14.0. The number of rotatable bonds is 1. The largest absolute Gasteiger partial charge is 0.508 e. The van der Waals surface area contributed by atoms with Crippen molar-refractivity contribution in [1.82, 2.24) is 0 Å². The second-order valence-corrected chi connectivity index (χ2v) is 40.4. The average molecular weight is 1650 g/mol. The number of nitrogens with two attached hydrogens (primary N) is 1. The highest BCUT2D eigenvalue weighted by atomic mass is 19.1. The Morgan fingerprint density at radius 2 is 0.553 bits per heavy atom. The van der Waals surface area contributed by atoms with Gasteiger partial charge < -0.3 is 30.9 Å². The van der Waals surface area contributed by atoms with Gasteiger partial charge in [0.05, 0.1) is 7.11 Å². The molecule has 0 bridgehead atoms. The molecular formula is C114H130F3NO5. The van der Waals surface area contributed by atoms with Crippen molar-refractivity contribution in [2.75, 3.05) is 12.8 Å². The van der Waals surface area contributed by atoms with E-state index in [9.17, 15) is 33.6 Å². The molecule has 9 heteroatoms. The third kappa shape index (κ3) is 23.9. The zero-order chi connectivity index (χ0) is 90.9. The van der Waals surface area contributed by atoms with Crippen LogP contribution in [0.3, 0.4) is 0 Å². The number of aromatic hydroxyl groups is 4. The smallest absolute Gasteiger partial charge is 0.172 e. The van der Waals surface area contributed by atoms with Gasteiger partial charge in [0.1, 0.15) is 23.1 Å². The van der Waals surface area contributed by atoms with Gasteiger partial charge in [0.2, 0.25) is 0 Å². The molecular weight excluding hydrogens is 1520 g/mol. The number of anilines is 1. The molecule has 642 valence electrons. The van der Waals surface area contributed by atoms with Crippen molar-refractivity contribution < 1.29 is 38.3 Å². The lowest BCUT2D eigenvalue weighted by Crippen LogP contribution is -2.14. The molecule has 0 saturated carbocycles. The predicted octanol–water partition coefficient (Wildman–Crippen LogP) is 32.2. The molecule has 0 amide bonds. The summed E-state index contributed by atoms with van der Waals surface area (Å²) in [5, 5.41) is 56.5. The number of phenolic OH excluding ortho intramolecular Hbond substituents is 4. The number of fused-ring (bicyclic) bond motifs is 8. The number of phenols is 4. The van der Waals surface area contributed by atoms with Gasteiger partial charge in [-0.1, -0.05) is 390 Å². The van der Waals surface area contributed by atoms with Crippen molar-refractivity contribution >= 4 is 91.9 Å². The van der Waals surface area contributed by atoms with E-state index >= 15 is 0 Å². The summed E-state index contributed by atoms with van der Waals surface area (Å²) in [6.07, 6.45) is 0. The molecule has 0 spiro atoms. The summed E-state index contributed by atoms with van der Waals surface area (Å²) in [4.78, 5) is 0. The van der Waals surface area contributed by atoms with E-state index in [1.165, 1.54) is 83.0 Å². The highest BCUT2D eigenvalue weighted by Gasteiger charge is 2.28. The molecule has 0 aromatic heterocycles. The van der Waals surface area contributed by atoms with Crippen molar-refractivity contribution in [3.63, 3.8) is 0 Å². The number of nitrogen functional groups attached to an aromatic ring is 1. The van der Waals surface area contributed by atoms with Crippen molar-refractivity contribution in [3.05, 3.63) is 347 Å². The summed E-state index contributed by atoms with van der Waals surface area (Å²) >= 11 is 0. The minimum absolute atomic E-state index is 0.0261. The van der Waals surface area contributed by atoms with Crippen LogP contribution < -0.4 is 10.5 Å². The van der Waals surface area contributed by atoms with Crippen molar-refractivity contribution in [1.29, 1.82) is 0 Å². The molecule has 0 aliphatic rings. The number of hydrogen-bond acceptors (Lipinski definition) is 6. The van der Waals surface area contributed by atoms with Crippen LogP contribution in [0.1, 0.15) is 216 Å². The molecule has 6 N–H and O–H groups in total. The van der Waals surface area contributed by atoms with Crippen LogP contribution in [-0.4, -0.2) is 27.5 Å². The summed E-state index contributed by atoms with van der Waals surface area (Å²) < 4.78 is 46.6. The average Bonchev–Trinajstić information content (AvgIpc) is 0.779. The molecule has 16 rings (SSSR count). The third-order valence-electron chi connectivity index (χ3n) is 21.8. The van der Waals surface area contributed by atoms with E-state index in [1.54, 1.807) is 37.4 Å². The summed E-state index contributed by atoms with van der Waals surface area (Å²) in [7, 11) is 1.74. The fourth-order valence-electron chi connectivity index (χ4n) is 16.1. The Morgan fingerprint density at radius 1 is 0.244 bits per heavy atom. The Hall–Kier alpha value is -11.8. The van der Waals surface area contributed by atoms with Crippen LogP contribution in [0.25, 0.3) is 86.2 Å². The summed E-state index contributed by atoms with van der Waals surface area (Å²) in [6.45, 7) is 53.4. The lowest BCUT2D eigenvalue weighted by molar-refractivity contribution is 0.399. The van der Waals surface area contributed by atoms with Gasteiger partial charge in [-0.25, -0.2) is 13.2 Å². The quantitative estimate of drug-likeness (QED) is 0.105. The van der Waals surface area contributed by atoms with Crippen LogP contribution in [0.5, 0.6) is 28.7 Å². The van der Waals surface area contributed by atoms with Gasteiger partial charge in [-0.15, -0.1) is 0 Å². The Bertz CT molecular complexity index is 5990. The van der Waals surface area contributed by atoms with Gasteiger partial charge in [0, 0.05) is 27.8 Å². The Kier molecular flexibility index (Phi) is 29.6. The van der Waals surface area contributed by atoms with Gasteiger partial charge in [-0.3, -0.25) is 0 Å². The summed E-state index contributed by atoms with van der Waals surface area (Å²) in [5.41, 5.74) is 17.0. The summed E-state index contributed by atoms with van der Waals surface area (Å²) in [5.74, 6) is -0.0355. The maximum absolute atomic E-state index is 14.0. The highest BCUT2D eigenvalue weighted by Crippen LogP contribution is 2.43. The number of ether oxygens (including phenoxy) is 1. The van der Waals surface area contributed by atoms with Crippen molar-refractivity contribution in [2.45, 2.75) is 216 Å². The van der Waals surface area contributed by atoms with E-state index in [4.69, 9.17) is 10.5 Å². The van der Waals surface area contributed by atoms with Crippen LogP contribution >= 0.6 is 0 Å². The van der Waals surface area contributed by atoms with E-state index in [1.807, 2.05) is 157 Å². The van der Waals surface area contributed by atoms with E-state index in [0.717, 1.165) is 65.8 Å². The van der Waals surface area contributed by atoms with Crippen LogP contribution in [0.4, 0.5) is 18.9 Å². The molecule has 123 heavy (non-hydrogen) atoms. The molecule has 0 heterocycles. The number of aryl methyl sites for hydroxylation is 1. The Morgan fingerprint density at radius 3 is 0.976 bits per heavy atom. The second-order valence-electron chi connectivity index (χ2n) is 40.4. The normalized spacial score (nSPS) is 11.9. The van der Waals surface area contributed by atoms with Gasteiger partial charge in [0.25, 0.3) is 0 Å². The van der Waals surface area contributed by atoms with Crippen molar-refractivity contribution in [3.8, 4) is 28.7 Å². The number of hydrogen-bond donors (Lipinski definition) is 5. The lowest BCUT2D eigenvalue weighted by Gasteiger charge is -2.24. The van der Waals surface area contributed by atoms with Crippen LogP contribution in [0, 0.1) is 24.4 Å². The van der Waals surface area contributed by atoms with Gasteiger partial charge in [-0.2, -0.15) is 0 Å². The zero-order valence-electron chi connectivity index (χ0n) is 77.5. The van der Waals surface area contributed by atoms with Crippen LogP contribution in [0.15, 0.2) is 279 Å². The minimum Gasteiger partial charge on any atom is -0.508 e. The molecule has 0 radical (unpaired) electrons. The predicted molar refractivity (Wildman–Crippen MR) is 523 cm³/mol. The topological polar surface area (TPSA) is 116 Å². The Balaban J connectivity index is 0.000000159. The first-order chi connectivity index (χ1) is 57.3. The number of benzene rings is 16. The molecule has 6 nitrogen and oxygen atoms in total. The molecule has 16 aromatic carbocycles. The highest BCUT2D eigenvalue weighted by molar-refractivity contribution is 5.94. The van der Waals surface area contributed by atoms with Crippen molar-refractivity contribution in [2.24, 2.45) is 0 Å². The van der Waals surface area contributed by atoms with Crippen LogP contribution in [-0.2, 0) is 43.3 Å². The van der Waals surface area contributed by atoms with Gasteiger partial charge in [0.15, 0.2) is 23.1 Å². The molecule has 16 aromatic rings. The molecule has 0 aliphatic carbocycles. The third-order valence-corrected chi connectivity index (χ3v) is 21.8. The zero-order valence-corrected chi connectivity index (χ0v) is 77.5.